The number of hydrogen-bond acceptors (Lipinski definition) is 3. The van der Waals surface area contributed by atoms with Gasteiger partial charge < -0.3 is 14.7 Å². The Balaban J connectivity index is 2.01. The van der Waals surface area contributed by atoms with Crippen LogP contribution in [0.3, 0.4) is 0 Å². The van der Waals surface area contributed by atoms with Gasteiger partial charge >= 0.3 is 5.97 Å². The van der Waals surface area contributed by atoms with Crippen molar-refractivity contribution in [3.8, 4) is 5.75 Å². The number of rotatable bonds is 7. The molecule has 0 radical (unpaired) electrons. The molecule has 0 aliphatic heterocycles. The van der Waals surface area contributed by atoms with E-state index in [1.165, 1.54) is 0 Å². The van der Waals surface area contributed by atoms with Crippen molar-refractivity contribution in [3.63, 3.8) is 0 Å². The van der Waals surface area contributed by atoms with E-state index in [-0.39, 0.29) is 18.9 Å². The second-order valence-electron chi connectivity index (χ2n) is 4.94. The summed E-state index contributed by atoms with van der Waals surface area (Å²) in [6, 6.07) is 9.25. The average molecular weight is 277 g/mol. The van der Waals surface area contributed by atoms with Gasteiger partial charge in [0.15, 0.2) is 5.60 Å². The molecule has 108 valence electrons. The second-order valence-corrected chi connectivity index (χ2v) is 4.94. The molecule has 1 amide bonds. The summed E-state index contributed by atoms with van der Waals surface area (Å²) in [4.78, 5) is 24.7. The van der Waals surface area contributed by atoms with Crippen molar-refractivity contribution in [2.75, 3.05) is 13.1 Å². The van der Waals surface area contributed by atoms with Crippen molar-refractivity contribution < 1.29 is 19.4 Å². The van der Waals surface area contributed by atoms with Crippen molar-refractivity contribution in [1.29, 1.82) is 0 Å². The van der Waals surface area contributed by atoms with Gasteiger partial charge in [0.05, 0.1) is 6.42 Å². The highest BCUT2D eigenvalue weighted by Gasteiger charge is 2.54. The zero-order valence-corrected chi connectivity index (χ0v) is 11.5. The summed E-state index contributed by atoms with van der Waals surface area (Å²) < 4.78 is 5.83. The Morgan fingerprint density at radius 3 is 2.45 bits per heavy atom. The van der Waals surface area contributed by atoms with Crippen molar-refractivity contribution in [2.24, 2.45) is 0 Å². The molecular weight excluding hydrogens is 258 g/mol. The van der Waals surface area contributed by atoms with Gasteiger partial charge in [0.2, 0.25) is 0 Å². The van der Waals surface area contributed by atoms with Gasteiger partial charge in [-0.1, -0.05) is 18.2 Å². The minimum Gasteiger partial charge on any atom is -0.481 e. The van der Waals surface area contributed by atoms with Gasteiger partial charge in [-0.25, -0.2) is 0 Å². The van der Waals surface area contributed by atoms with Crippen LogP contribution in [0.25, 0.3) is 0 Å². The van der Waals surface area contributed by atoms with Crippen LogP contribution in [0.2, 0.25) is 0 Å². The first-order chi connectivity index (χ1) is 9.57. The fraction of sp³-hybridized carbons (Fsp3) is 0.467. The largest absolute Gasteiger partial charge is 0.481 e. The summed E-state index contributed by atoms with van der Waals surface area (Å²) in [6.07, 6.45) is 1.33. The summed E-state index contributed by atoms with van der Waals surface area (Å²) in [5.41, 5.74) is -0.782. The Labute approximate surface area is 118 Å². The molecule has 0 unspecified atom stereocenters. The number of ether oxygens (including phenoxy) is 1. The number of amides is 1. The molecule has 0 bridgehead atoms. The second kappa shape index (κ2) is 5.94. The Hall–Kier alpha value is -2.04. The molecule has 5 heteroatoms. The van der Waals surface area contributed by atoms with E-state index in [0.29, 0.717) is 25.1 Å². The Kier molecular flexibility index (Phi) is 4.27. The molecule has 1 aliphatic carbocycles. The van der Waals surface area contributed by atoms with Gasteiger partial charge in [0, 0.05) is 25.9 Å². The molecule has 1 saturated carbocycles. The number of benzene rings is 1. The Morgan fingerprint density at radius 1 is 1.30 bits per heavy atom. The maximum absolute atomic E-state index is 12.5. The number of carboxylic acid groups (broad SMARTS) is 1. The number of carbonyl (C=O) groups is 2. The zero-order chi connectivity index (χ0) is 14.6. The van der Waals surface area contributed by atoms with Crippen LogP contribution in [0, 0.1) is 0 Å². The van der Waals surface area contributed by atoms with Crippen LogP contribution < -0.4 is 4.74 Å². The fourth-order valence-corrected chi connectivity index (χ4v) is 2.11. The highest BCUT2D eigenvalue weighted by molar-refractivity contribution is 5.89. The molecule has 2 rings (SSSR count). The van der Waals surface area contributed by atoms with E-state index in [2.05, 4.69) is 0 Å². The van der Waals surface area contributed by atoms with E-state index in [0.717, 1.165) is 0 Å². The summed E-state index contributed by atoms with van der Waals surface area (Å²) in [6.45, 7) is 2.56. The number of carboxylic acids is 1. The molecule has 0 spiro atoms. The molecule has 20 heavy (non-hydrogen) atoms. The van der Waals surface area contributed by atoms with Crippen molar-refractivity contribution in [2.45, 2.75) is 31.8 Å². The smallest absolute Gasteiger partial charge is 0.305 e. The van der Waals surface area contributed by atoms with Crippen LogP contribution in [0.5, 0.6) is 5.75 Å². The maximum Gasteiger partial charge on any atom is 0.305 e. The number of nitrogens with zero attached hydrogens (tertiary/aromatic N) is 1. The lowest BCUT2D eigenvalue weighted by atomic mass is 10.2. The van der Waals surface area contributed by atoms with Crippen LogP contribution in [-0.4, -0.2) is 40.6 Å². The number of hydrogen-bond donors (Lipinski definition) is 1. The standard InChI is InChI=1S/C15H19NO4/c1-2-16(11-8-13(17)18)14(19)15(9-10-15)20-12-6-4-3-5-7-12/h3-7H,2,8-11H2,1H3,(H,17,18). The van der Waals surface area contributed by atoms with E-state index >= 15 is 0 Å². The lowest BCUT2D eigenvalue weighted by Gasteiger charge is -2.26. The maximum atomic E-state index is 12.5. The van der Waals surface area contributed by atoms with Gasteiger partial charge in [-0.3, -0.25) is 9.59 Å². The molecule has 0 saturated heterocycles. The molecule has 0 atom stereocenters. The highest BCUT2D eigenvalue weighted by Crippen LogP contribution is 2.41. The number of likely N-dealkylation sites (N-methyl/N-ethyl adjacent to an activating group) is 1. The molecule has 1 aromatic carbocycles. The van der Waals surface area contributed by atoms with Gasteiger partial charge in [-0.2, -0.15) is 0 Å². The molecular formula is C15H19NO4. The van der Waals surface area contributed by atoms with Crippen LogP contribution in [0.1, 0.15) is 26.2 Å². The third-order valence-corrected chi connectivity index (χ3v) is 3.41. The van der Waals surface area contributed by atoms with Crippen LogP contribution in [-0.2, 0) is 9.59 Å². The van der Waals surface area contributed by atoms with Crippen LogP contribution in [0.4, 0.5) is 0 Å². The lowest BCUT2D eigenvalue weighted by molar-refractivity contribution is -0.142. The number of para-hydroxylation sites is 1. The van der Waals surface area contributed by atoms with Gasteiger partial charge in [-0.05, 0) is 19.1 Å². The fourth-order valence-electron chi connectivity index (χ4n) is 2.11. The predicted octanol–water partition coefficient (Wildman–Crippen LogP) is 1.92. The summed E-state index contributed by atoms with van der Waals surface area (Å²) in [5, 5.41) is 8.72. The molecule has 5 nitrogen and oxygen atoms in total. The average Bonchev–Trinajstić information content (AvgIpc) is 3.21. The predicted molar refractivity (Wildman–Crippen MR) is 73.5 cm³/mol. The van der Waals surface area contributed by atoms with Crippen LogP contribution >= 0.6 is 0 Å². The Bertz CT molecular complexity index is 482. The summed E-state index contributed by atoms with van der Waals surface area (Å²) in [5.74, 6) is -0.331. The zero-order valence-electron chi connectivity index (χ0n) is 11.5. The normalized spacial score (nSPS) is 15.4. The summed E-state index contributed by atoms with van der Waals surface area (Å²) in [7, 11) is 0. The first-order valence-electron chi connectivity index (χ1n) is 6.82. The van der Waals surface area contributed by atoms with Gasteiger partial charge in [0.1, 0.15) is 5.75 Å². The van der Waals surface area contributed by atoms with E-state index in [1.54, 1.807) is 4.90 Å². The third-order valence-electron chi connectivity index (χ3n) is 3.41. The molecule has 0 heterocycles. The quantitative estimate of drug-likeness (QED) is 0.827. The monoisotopic (exact) mass is 277 g/mol. The van der Waals surface area contributed by atoms with E-state index in [4.69, 9.17) is 9.84 Å². The number of aliphatic carboxylic acids is 1. The van der Waals surface area contributed by atoms with E-state index < -0.39 is 11.6 Å². The third kappa shape index (κ3) is 3.29. The van der Waals surface area contributed by atoms with Gasteiger partial charge in [-0.15, -0.1) is 0 Å². The molecule has 1 N–H and O–H groups in total. The van der Waals surface area contributed by atoms with Gasteiger partial charge in [0.25, 0.3) is 5.91 Å². The SMILES string of the molecule is CCN(CCC(=O)O)C(=O)C1(Oc2ccccc2)CC1. The first-order valence-corrected chi connectivity index (χ1v) is 6.82. The van der Waals surface area contributed by atoms with E-state index in [9.17, 15) is 9.59 Å². The Morgan fingerprint density at radius 2 is 1.95 bits per heavy atom. The van der Waals surface area contributed by atoms with Crippen LogP contribution in [0.15, 0.2) is 30.3 Å². The first kappa shape index (κ1) is 14.4. The minimum atomic E-state index is -0.898. The molecule has 1 aromatic rings. The van der Waals surface area contributed by atoms with Crippen molar-refractivity contribution in [3.05, 3.63) is 30.3 Å². The minimum absolute atomic E-state index is 0.0407. The van der Waals surface area contributed by atoms with E-state index in [1.807, 2.05) is 37.3 Å². The van der Waals surface area contributed by atoms with Crippen molar-refractivity contribution in [1.82, 2.24) is 4.90 Å². The topological polar surface area (TPSA) is 66.8 Å². The number of carbonyl (C=O) groups excluding carboxylic acids is 1. The molecule has 1 fully saturated rings. The molecule has 1 aliphatic rings. The summed E-state index contributed by atoms with van der Waals surface area (Å²) >= 11 is 0. The molecule has 0 aromatic heterocycles. The highest BCUT2D eigenvalue weighted by atomic mass is 16.5. The lowest BCUT2D eigenvalue weighted by Crippen LogP contribution is -2.44. The van der Waals surface area contributed by atoms with Crippen molar-refractivity contribution >= 4 is 11.9 Å².